The molecule has 0 saturated heterocycles. The van der Waals surface area contributed by atoms with Gasteiger partial charge >= 0.3 is 15.1 Å². The highest BCUT2D eigenvalue weighted by molar-refractivity contribution is 6.39. The molecule has 0 saturated carbocycles. The van der Waals surface area contributed by atoms with Gasteiger partial charge in [0.1, 0.15) is 0 Å². The molecule has 0 bridgehead atoms. The molecule has 0 fully saturated rings. The third-order valence-corrected chi connectivity index (χ3v) is 2.72. The van der Waals surface area contributed by atoms with E-state index in [-0.39, 0.29) is 5.97 Å². The molecule has 0 aliphatic carbocycles. The molecule has 0 spiro atoms. The lowest BCUT2D eigenvalue weighted by Crippen LogP contribution is -2.29. The van der Waals surface area contributed by atoms with Gasteiger partial charge in [-0.1, -0.05) is 13.8 Å². The summed E-state index contributed by atoms with van der Waals surface area (Å²) < 4.78 is 15.5. The van der Waals surface area contributed by atoms with Crippen molar-refractivity contribution in [3.05, 3.63) is 0 Å². The lowest BCUT2D eigenvalue weighted by atomic mass is 10.5. The van der Waals surface area contributed by atoms with Gasteiger partial charge in [0.05, 0.1) is 0 Å². The van der Waals surface area contributed by atoms with Gasteiger partial charge in [-0.3, -0.25) is 4.79 Å². The Bertz CT molecular complexity index is 132. The topological polar surface area (TPSA) is 44.8 Å². The Morgan fingerprint density at radius 1 is 1.15 bits per heavy atom. The van der Waals surface area contributed by atoms with Crippen LogP contribution in [0.25, 0.3) is 0 Å². The molecule has 0 aromatic heterocycles. The smallest absolute Gasteiger partial charge is 0.572 e. The normalized spacial score (nSPS) is 9.77. The van der Waals surface area contributed by atoms with Crippen LogP contribution in [-0.2, 0) is 16.2 Å². The standard InChI is InChI=1S/2C3H7O.C2H4O2.Al/c2*1-2-3-4;1-2(3)4;/h2*2-3H2,1H3;1H3,(H,3,4);/q2*-1;;+3/p-1. The highest BCUT2D eigenvalue weighted by Gasteiger charge is 2.35. The van der Waals surface area contributed by atoms with E-state index in [0.717, 1.165) is 12.8 Å². The molecule has 0 aromatic rings. The SMILES string of the molecule is CCC[O][Al]([O]CCC)[O]C(C)=O. The van der Waals surface area contributed by atoms with Gasteiger partial charge in [0.15, 0.2) is 0 Å². The Morgan fingerprint density at radius 3 is 1.92 bits per heavy atom. The molecule has 0 radical (unpaired) electrons. The number of carbonyl (C=O) groups excluding carboxylic acids is 1. The van der Waals surface area contributed by atoms with Crippen LogP contribution in [-0.4, -0.2) is 34.3 Å². The van der Waals surface area contributed by atoms with Crippen molar-refractivity contribution in [1.29, 1.82) is 0 Å². The van der Waals surface area contributed by atoms with Crippen LogP contribution in [0.1, 0.15) is 33.6 Å². The molecule has 0 N–H and O–H groups in total. The first kappa shape index (κ1) is 12.9. The summed E-state index contributed by atoms with van der Waals surface area (Å²) in [6.07, 6.45) is 1.81. The summed E-state index contributed by atoms with van der Waals surface area (Å²) in [7, 11) is 0. The van der Waals surface area contributed by atoms with Crippen molar-refractivity contribution < 1.29 is 16.2 Å². The molecule has 13 heavy (non-hydrogen) atoms. The highest BCUT2D eigenvalue weighted by Crippen LogP contribution is 1.95. The maximum Gasteiger partial charge on any atom is 1.00 e. The van der Waals surface area contributed by atoms with E-state index in [9.17, 15) is 4.79 Å². The van der Waals surface area contributed by atoms with Gasteiger partial charge in [-0.25, -0.2) is 0 Å². The number of carbonyl (C=O) groups is 1. The zero-order valence-electron chi connectivity index (χ0n) is 8.54. The van der Waals surface area contributed by atoms with Gasteiger partial charge in [-0.2, -0.15) is 0 Å². The molecule has 76 valence electrons. The number of hydrogen-bond acceptors (Lipinski definition) is 4. The van der Waals surface area contributed by atoms with E-state index >= 15 is 0 Å². The molecule has 0 aromatic carbocycles. The Labute approximate surface area is 84.6 Å². The minimum Gasteiger partial charge on any atom is -0.572 e. The summed E-state index contributed by atoms with van der Waals surface area (Å²) >= 11 is -2.18. The van der Waals surface area contributed by atoms with Gasteiger partial charge in [0.2, 0.25) is 0 Å². The van der Waals surface area contributed by atoms with Crippen LogP contribution in [0.3, 0.4) is 0 Å². The molecule has 0 aliphatic heterocycles. The maximum absolute atomic E-state index is 10.6. The van der Waals surface area contributed by atoms with Crippen LogP contribution in [0.2, 0.25) is 0 Å². The van der Waals surface area contributed by atoms with Crippen molar-refractivity contribution in [2.45, 2.75) is 33.6 Å². The van der Waals surface area contributed by atoms with Crippen molar-refractivity contribution in [3.8, 4) is 0 Å². The van der Waals surface area contributed by atoms with E-state index in [4.69, 9.17) is 11.4 Å². The van der Waals surface area contributed by atoms with E-state index < -0.39 is 15.1 Å². The van der Waals surface area contributed by atoms with Crippen molar-refractivity contribution in [3.63, 3.8) is 0 Å². The fourth-order valence-electron chi connectivity index (χ4n) is 0.680. The van der Waals surface area contributed by atoms with E-state index in [2.05, 4.69) is 0 Å². The monoisotopic (exact) mass is 204 g/mol. The summed E-state index contributed by atoms with van der Waals surface area (Å²) in [5.74, 6) is -0.330. The second kappa shape index (κ2) is 8.52. The molecule has 0 atom stereocenters. The van der Waals surface area contributed by atoms with Gasteiger partial charge in [-0.15, -0.1) is 0 Å². The van der Waals surface area contributed by atoms with Crippen LogP contribution >= 0.6 is 0 Å². The van der Waals surface area contributed by atoms with Crippen LogP contribution in [0.4, 0.5) is 0 Å². The summed E-state index contributed by atoms with van der Waals surface area (Å²) in [4.78, 5) is 10.6. The first-order valence-electron chi connectivity index (χ1n) is 4.61. The Morgan fingerprint density at radius 2 is 1.62 bits per heavy atom. The third kappa shape index (κ3) is 8.26. The first-order valence-corrected chi connectivity index (χ1v) is 6.02. The maximum atomic E-state index is 10.6. The van der Waals surface area contributed by atoms with Gasteiger partial charge in [0, 0.05) is 20.1 Å². The van der Waals surface area contributed by atoms with Crippen molar-refractivity contribution in [2.75, 3.05) is 13.2 Å². The average Bonchev–Trinajstić information content (AvgIpc) is 2.09. The minimum atomic E-state index is -2.18. The highest BCUT2D eigenvalue weighted by atomic mass is 27.3. The molecule has 0 heterocycles. The second-order valence-corrected chi connectivity index (χ2v) is 4.12. The van der Waals surface area contributed by atoms with Crippen LogP contribution < -0.4 is 0 Å². The quantitative estimate of drug-likeness (QED) is 0.588. The zero-order valence-corrected chi connectivity index (χ0v) is 9.69. The number of hydrogen-bond donors (Lipinski definition) is 0. The second-order valence-electron chi connectivity index (χ2n) is 2.64. The lowest BCUT2D eigenvalue weighted by Gasteiger charge is -2.10. The molecule has 0 rings (SSSR count). The first-order chi connectivity index (χ1) is 6.20. The Kier molecular flexibility index (Phi) is 8.47. The van der Waals surface area contributed by atoms with Crippen molar-refractivity contribution in [1.82, 2.24) is 0 Å². The van der Waals surface area contributed by atoms with E-state index in [1.54, 1.807) is 0 Å². The third-order valence-electron chi connectivity index (χ3n) is 1.18. The largest absolute Gasteiger partial charge is 1.00 e. The van der Waals surface area contributed by atoms with Crippen molar-refractivity contribution >= 4 is 21.1 Å². The van der Waals surface area contributed by atoms with Gasteiger partial charge in [-0.05, 0) is 12.8 Å². The Balaban J connectivity index is 3.66. The molecule has 0 aliphatic rings. The van der Waals surface area contributed by atoms with E-state index in [0.29, 0.717) is 13.2 Å². The van der Waals surface area contributed by atoms with E-state index in [1.807, 2.05) is 13.8 Å². The molecular weight excluding hydrogens is 187 g/mol. The van der Waals surface area contributed by atoms with E-state index in [1.165, 1.54) is 6.92 Å². The fraction of sp³-hybridized carbons (Fsp3) is 0.875. The summed E-state index contributed by atoms with van der Waals surface area (Å²) in [6.45, 7) is 6.55. The minimum absolute atomic E-state index is 0.330. The van der Waals surface area contributed by atoms with Crippen LogP contribution in [0.5, 0.6) is 0 Å². The summed E-state index contributed by atoms with van der Waals surface area (Å²) in [6, 6.07) is 0. The predicted octanol–water partition coefficient (Wildman–Crippen LogP) is 1.39. The molecule has 0 unspecified atom stereocenters. The summed E-state index contributed by atoms with van der Waals surface area (Å²) in [5, 5.41) is 0. The molecule has 5 heteroatoms. The zero-order chi connectivity index (χ0) is 10.1. The lowest BCUT2D eigenvalue weighted by molar-refractivity contribution is -0.135. The summed E-state index contributed by atoms with van der Waals surface area (Å²) in [5.41, 5.74) is 0. The Hall–Kier alpha value is -0.0775. The van der Waals surface area contributed by atoms with Gasteiger partial charge < -0.3 is 11.4 Å². The average molecular weight is 204 g/mol. The van der Waals surface area contributed by atoms with Gasteiger partial charge in [0.25, 0.3) is 5.97 Å². The fourth-order valence-corrected chi connectivity index (χ4v) is 2.04. The number of rotatable bonds is 7. The molecular formula is C8H17AlO4. The van der Waals surface area contributed by atoms with Crippen LogP contribution in [0.15, 0.2) is 0 Å². The van der Waals surface area contributed by atoms with Crippen LogP contribution in [0, 0.1) is 0 Å². The van der Waals surface area contributed by atoms with Crippen molar-refractivity contribution in [2.24, 2.45) is 0 Å². The predicted molar refractivity (Wildman–Crippen MR) is 50.0 cm³/mol. The molecule has 4 nitrogen and oxygen atoms in total. The molecule has 0 amide bonds.